The van der Waals surface area contributed by atoms with Gasteiger partial charge in [-0.05, 0) is 6.07 Å². The van der Waals surface area contributed by atoms with Gasteiger partial charge >= 0.3 is 0 Å². The van der Waals surface area contributed by atoms with Crippen LogP contribution in [0.4, 0.5) is 4.39 Å². The maximum atomic E-state index is 12.1. The van der Waals surface area contributed by atoms with Gasteiger partial charge in [0.1, 0.15) is 12.3 Å². The molecule has 3 heteroatoms. The lowest BCUT2D eigenvalue weighted by atomic mass is 10.3. The lowest BCUT2D eigenvalue weighted by molar-refractivity contribution is 0.618. The topological polar surface area (TPSA) is 36.7 Å². The molecule has 1 aromatic heterocycles. The molecular formula is C6H2FN2. The van der Waals surface area contributed by atoms with Gasteiger partial charge in [-0.15, -0.1) is 0 Å². The SMILES string of the molecule is N#Cc1cn[c]c(F)c1. The van der Waals surface area contributed by atoms with E-state index in [1.165, 1.54) is 6.20 Å². The predicted octanol–water partition coefficient (Wildman–Crippen LogP) is 0.893. The molecule has 0 unspecified atom stereocenters. The zero-order valence-electron chi connectivity index (χ0n) is 4.43. The number of pyridine rings is 1. The van der Waals surface area contributed by atoms with Crippen molar-refractivity contribution in [1.82, 2.24) is 4.98 Å². The average molecular weight is 121 g/mol. The summed E-state index contributed by atoms with van der Waals surface area (Å²) >= 11 is 0. The van der Waals surface area contributed by atoms with Gasteiger partial charge < -0.3 is 0 Å². The molecule has 9 heavy (non-hydrogen) atoms. The lowest BCUT2D eigenvalue weighted by Gasteiger charge is -1.83. The first kappa shape index (κ1) is 5.70. The van der Waals surface area contributed by atoms with Crippen LogP contribution in [0.25, 0.3) is 0 Å². The van der Waals surface area contributed by atoms with Crippen LogP contribution in [0.1, 0.15) is 5.56 Å². The van der Waals surface area contributed by atoms with Crippen LogP contribution in [-0.4, -0.2) is 4.98 Å². The Labute approximate surface area is 51.6 Å². The highest BCUT2D eigenvalue weighted by molar-refractivity contribution is 5.24. The normalized spacial score (nSPS) is 8.44. The maximum Gasteiger partial charge on any atom is 0.152 e. The quantitative estimate of drug-likeness (QED) is 0.511. The van der Waals surface area contributed by atoms with E-state index in [0.29, 0.717) is 0 Å². The molecule has 0 amide bonds. The summed E-state index contributed by atoms with van der Waals surface area (Å²) in [6.45, 7) is 0. The summed E-state index contributed by atoms with van der Waals surface area (Å²) in [7, 11) is 0. The molecule has 0 aliphatic carbocycles. The third-order valence-corrected chi connectivity index (χ3v) is 0.786. The first-order valence-corrected chi connectivity index (χ1v) is 2.26. The molecule has 2 nitrogen and oxygen atoms in total. The third-order valence-electron chi connectivity index (χ3n) is 0.786. The van der Waals surface area contributed by atoms with Gasteiger partial charge in [0.2, 0.25) is 0 Å². The molecule has 1 radical (unpaired) electrons. The van der Waals surface area contributed by atoms with Crippen molar-refractivity contribution in [1.29, 1.82) is 5.26 Å². The summed E-state index contributed by atoms with van der Waals surface area (Å²) in [5, 5.41) is 8.19. The Bertz CT molecular complexity index is 251. The Balaban J connectivity index is 3.12. The van der Waals surface area contributed by atoms with Crippen molar-refractivity contribution >= 4 is 0 Å². The summed E-state index contributed by atoms with van der Waals surface area (Å²) < 4.78 is 12.1. The van der Waals surface area contributed by atoms with Gasteiger partial charge in [-0.25, -0.2) is 4.39 Å². The van der Waals surface area contributed by atoms with Crippen LogP contribution in [-0.2, 0) is 0 Å². The number of hydrogen-bond donors (Lipinski definition) is 0. The van der Waals surface area contributed by atoms with Crippen LogP contribution in [0, 0.1) is 23.3 Å². The average Bonchev–Trinajstić information content (AvgIpc) is 1.88. The fourth-order valence-corrected chi connectivity index (χ4v) is 0.431. The Hall–Kier alpha value is -1.43. The molecule has 0 bridgehead atoms. The van der Waals surface area contributed by atoms with Crippen molar-refractivity contribution < 1.29 is 4.39 Å². The van der Waals surface area contributed by atoms with Gasteiger partial charge in [0.05, 0.1) is 5.56 Å². The van der Waals surface area contributed by atoms with Gasteiger partial charge in [-0.3, -0.25) is 4.98 Å². The molecule has 0 aliphatic heterocycles. The van der Waals surface area contributed by atoms with Crippen molar-refractivity contribution in [2.24, 2.45) is 0 Å². The number of nitriles is 1. The van der Waals surface area contributed by atoms with Crippen molar-refractivity contribution in [3.05, 3.63) is 29.8 Å². The van der Waals surface area contributed by atoms with Crippen molar-refractivity contribution in [2.45, 2.75) is 0 Å². The van der Waals surface area contributed by atoms with E-state index in [0.717, 1.165) is 6.07 Å². The molecule has 1 heterocycles. The first-order valence-electron chi connectivity index (χ1n) is 2.26. The van der Waals surface area contributed by atoms with E-state index in [1.807, 2.05) is 6.20 Å². The highest BCUT2D eigenvalue weighted by Gasteiger charge is 1.91. The molecular weight excluding hydrogens is 119 g/mol. The molecule has 0 atom stereocenters. The summed E-state index contributed by atoms with van der Waals surface area (Å²) in [4.78, 5) is 3.33. The first-order chi connectivity index (χ1) is 4.33. The van der Waals surface area contributed by atoms with E-state index in [9.17, 15) is 4.39 Å². The highest BCUT2D eigenvalue weighted by Crippen LogP contribution is 1.96. The van der Waals surface area contributed by atoms with Gasteiger partial charge in [-0.1, -0.05) is 0 Å². The van der Waals surface area contributed by atoms with E-state index >= 15 is 0 Å². The molecule has 0 spiro atoms. The predicted molar refractivity (Wildman–Crippen MR) is 27.7 cm³/mol. The van der Waals surface area contributed by atoms with Crippen LogP contribution in [0.15, 0.2) is 12.3 Å². The minimum absolute atomic E-state index is 0.214. The molecule has 43 valence electrons. The summed E-state index contributed by atoms with van der Waals surface area (Å²) in [5.74, 6) is -0.603. The van der Waals surface area contributed by atoms with Crippen LogP contribution < -0.4 is 0 Å². The van der Waals surface area contributed by atoms with Gasteiger partial charge in [0.25, 0.3) is 0 Å². The van der Waals surface area contributed by atoms with Gasteiger partial charge in [0, 0.05) is 6.20 Å². The second kappa shape index (κ2) is 2.23. The van der Waals surface area contributed by atoms with E-state index in [-0.39, 0.29) is 5.56 Å². The standard InChI is InChI=1S/C6H2FN2/c7-6-1-5(2-8)3-9-4-6/h1,3H. The fourth-order valence-electron chi connectivity index (χ4n) is 0.431. The molecule has 0 aliphatic rings. The number of hydrogen-bond acceptors (Lipinski definition) is 2. The summed E-state index contributed by atoms with van der Waals surface area (Å²) in [6, 6.07) is 2.82. The Kier molecular flexibility index (Phi) is 1.41. The van der Waals surface area contributed by atoms with E-state index < -0.39 is 5.82 Å². The third kappa shape index (κ3) is 1.23. The van der Waals surface area contributed by atoms with Crippen LogP contribution in [0.3, 0.4) is 0 Å². The minimum Gasteiger partial charge on any atom is -0.250 e. The zero-order valence-corrected chi connectivity index (χ0v) is 4.43. The number of nitrogens with zero attached hydrogens (tertiary/aromatic N) is 2. The maximum absolute atomic E-state index is 12.1. The second-order valence-corrected chi connectivity index (χ2v) is 1.43. The van der Waals surface area contributed by atoms with Crippen LogP contribution in [0.5, 0.6) is 0 Å². The monoisotopic (exact) mass is 121 g/mol. The molecule has 1 aromatic rings. The van der Waals surface area contributed by atoms with Gasteiger partial charge in [0.15, 0.2) is 5.82 Å². The van der Waals surface area contributed by atoms with E-state index in [2.05, 4.69) is 4.98 Å². The Morgan fingerprint density at radius 2 is 2.56 bits per heavy atom. The van der Waals surface area contributed by atoms with Crippen molar-refractivity contribution in [2.75, 3.05) is 0 Å². The minimum atomic E-state index is -0.603. The van der Waals surface area contributed by atoms with Crippen molar-refractivity contribution in [3.63, 3.8) is 0 Å². The summed E-state index contributed by atoms with van der Waals surface area (Å²) in [5.41, 5.74) is 0.214. The van der Waals surface area contributed by atoms with E-state index in [4.69, 9.17) is 5.26 Å². The van der Waals surface area contributed by atoms with E-state index in [1.54, 1.807) is 6.07 Å². The number of aromatic nitrogens is 1. The van der Waals surface area contributed by atoms with Gasteiger partial charge in [-0.2, -0.15) is 5.26 Å². The Morgan fingerprint density at radius 3 is 3.00 bits per heavy atom. The zero-order chi connectivity index (χ0) is 6.69. The molecule has 0 fully saturated rings. The lowest BCUT2D eigenvalue weighted by Crippen LogP contribution is -1.80. The number of rotatable bonds is 0. The van der Waals surface area contributed by atoms with Crippen molar-refractivity contribution in [3.8, 4) is 6.07 Å². The number of halogens is 1. The Morgan fingerprint density at radius 1 is 1.78 bits per heavy atom. The summed E-state index contributed by atoms with van der Waals surface area (Å²) in [6.07, 6.45) is 3.29. The molecule has 0 aromatic carbocycles. The smallest absolute Gasteiger partial charge is 0.152 e. The molecule has 1 rings (SSSR count). The molecule has 0 saturated carbocycles. The fraction of sp³-hybridized carbons (Fsp3) is 0. The molecule has 0 N–H and O–H groups in total. The second-order valence-electron chi connectivity index (χ2n) is 1.43. The van der Waals surface area contributed by atoms with Crippen LogP contribution >= 0.6 is 0 Å². The largest absolute Gasteiger partial charge is 0.250 e. The highest BCUT2D eigenvalue weighted by atomic mass is 19.1. The van der Waals surface area contributed by atoms with Crippen LogP contribution in [0.2, 0.25) is 0 Å². The molecule has 0 saturated heterocycles.